The van der Waals surface area contributed by atoms with E-state index in [1.54, 1.807) is 56.3 Å². The Labute approximate surface area is 177 Å². The molecule has 31 heavy (non-hydrogen) atoms. The molecule has 0 aliphatic heterocycles. The number of halogens is 1. The topological polar surface area (TPSA) is 102 Å². The highest BCUT2D eigenvalue weighted by molar-refractivity contribution is 5.92. The van der Waals surface area contributed by atoms with E-state index < -0.39 is 42.0 Å². The number of carbonyl (C=O) groups excluding carboxylic acids is 2. The first-order chi connectivity index (χ1) is 14.8. The summed E-state index contributed by atoms with van der Waals surface area (Å²) >= 11 is 0. The van der Waals surface area contributed by atoms with Crippen LogP contribution in [0.25, 0.3) is 0 Å². The zero-order valence-corrected chi connectivity index (χ0v) is 17.0. The third kappa shape index (κ3) is 5.13. The lowest BCUT2D eigenvalue weighted by Gasteiger charge is -2.12. The Balaban J connectivity index is 1.81. The molecule has 9 heteroatoms. The van der Waals surface area contributed by atoms with Crippen molar-refractivity contribution < 1.29 is 14.0 Å². The second kappa shape index (κ2) is 9.21. The summed E-state index contributed by atoms with van der Waals surface area (Å²) in [5, 5.41) is 5.21. The molecule has 2 aromatic carbocycles. The standard InChI is InChI=1S/C22H21FN4O4/c1-14-7-3-5-9-17(14)24-19(28)12-26-11-16(23)21(30)27(22(26)31)13-20(29)25-18-10-6-4-8-15(18)2/h3-11H,12-13H2,1-2H3,(H,24,28)(H,25,29). The van der Waals surface area contributed by atoms with Crippen molar-refractivity contribution >= 4 is 23.2 Å². The maximum Gasteiger partial charge on any atom is 0.332 e. The Hall–Kier alpha value is -4.01. The number of amides is 2. The Kier molecular flexibility index (Phi) is 6.44. The van der Waals surface area contributed by atoms with Crippen molar-refractivity contribution in [3.63, 3.8) is 0 Å². The third-order valence-corrected chi connectivity index (χ3v) is 4.65. The first-order valence-corrected chi connectivity index (χ1v) is 9.47. The van der Waals surface area contributed by atoms with Gasteiger partial charge in [-0.25, -0.2) is 9.36 Å². The summed E-state index contributed by atoms with van der Waals surface area (Å²) in [4.78, 5) is 49.4. The van der Waals surface area contributed by atoms with Gasteiger partial charge in [0.2, 0.25) is 17.6 Å². The fourth-order valence-corrected chi connectivity index (χ4v) is 2.97. The van der Waals surface area contributed by atoms with Crippen LogP contribution in [0.1, 0.15) is 11.1 Å². The van der Waals surface area contributed by atoms with Crippen molar-refractivity contribution in [1.82, 2.24) is 9.13 Å². The van der Waals surface area contributed by atoms with Gasteiger partial charge in [-0.1, -0.05) is 36.4 Å². The van der Waals surface area contributed by atoms with Gasteiger partial charge in [0.1, 0.15) is 13.1 Å². The van der Waals surface area contributed by atoms with Crippen LogP contribution in [0, 0.1) is 19.7 Å². The molecule has 8 nitrogen and oxygen atoms in total. The number of aromatic nitrogens is 2. The highest BCUT2D eigenvalue weighted by atomic mass is 19.1. The molecule has 160 valence electrons. The molecule has 0 saturated carbocycles. The minimum atomic E-state index is -1.24. The van der Waals surface area contributed by atoms with Crippen LogP contribution in [0.3, 0.4) is 0 Å². The van der Waals surface area contributed by atoms with Crippen LogP contribution < -0.4 is 21.9 Å². The Morgan fingerprint density at radius 1 is 0.839 bits per heavy atom. The molecule has 0 atom stereocenters. The van der Waals surface area contributed by atoms with Crippen molar-refractivity contribution in [3.8, 4) is 0 Å². The number of anilines is 2. The van der Waals surface area contributed by atoms with E-state index in [2.05, 4.69) is 10.6 Å². The van der Waals surface area contributed by atoms with Crippen molar-refractivity contribution in [2.75, 3.05) is 10.6 Å². The van der Waals surface area contributed by atoms with E-state index in [1.165, 1.54) is 0 Å². The SMILES string of the molecule is Cc1ccccc1NC(=O)Cn1cc(F)c(=O)n(CC(=O)Nc2ccccc2C)c1=O. The number of nitrogens with zero attached hydrogens (tertiary/aromatic N) is 2. The predicted molar refractivity (Wildman–Crippen MR) is 115 cm³/mol. The lowest BCUT2D eigenvalue weighted by atomic mass is 10.2. The highest BCUT2D eigenvalue weighted by Gasteiger charge is 2.17. The molecule has 1 aromatic heterocycles. The van der Waals surface area contributed by atoms with Gasteiger partial charge < -0.3 is 10.6 Å². The molecule has 0 radical (unpaired) electrons. The number of hydrogen-bond donors (Lipinski definition) is 2. The van der Waals surface area contributed by atoms with Gasteiger partial charge in [-0.05, 0) is 37.1 Å². The average Bonchev–Trinajstić information content (AvgIpc) is 2.73. The summed E-state index contributed by atoms with van der Waals surface area (Å²) in [6.45, 7) is 2.37. The molecule has 2 amide bonds. The van der Waals surface area contributed by atoms with Crippen LogP contribution in [0.15, 0.2) is 64.3 Å². The number of benzene rings is 2. The van der Waals surface area contributed by atoms with E-state index >= 15 is 0 Å². The van der Waals surface area contributed by atoms with E-state index in [0.717, 1.165) is 15.7 Å². The van der Waals surface area contributed by atoms with Crippen LogP contribution in [0.5, 0.6) is 0 Å². The number of carbonyl (C=O) groups is 2. The smallest absolute Gasteiger partial charge is 0.324 e. The fourth-order valence-electron chi connectivity index (χ4n) is 2.97. The van der Waals surface area contributed by atoms with Crippen molar-refractivity contribution in [2.24, 2.45) is 0 Å². The summed E-state index contributed by atoms with van der Waals surface area (Å²) in [5.41, 5.74) is 0.452. The lowest BCUT2D eigenvalue weighted by Crippen LogP contribution is -2.44. The number of nitrogens with one attached hydrogen (secondary N) is 2. The lowest BCUT2D eigenvalue weighted by molar-refractivity contribution is -0.117. The molecule has 3 rings (SSSR count). The highest BCUT2D eigenvalue weighted by Crippen LogP contribution is 2.13. The number of hydrogen-bond acceptors (Lipinski definition) is 4. The molecule has 0 aliphatic rings. The molecule has 3 aromatic rings. The number of rotatable bonds is 6. The van der Waals surface area contributed by atoms with E-state index in [9.17, 15) is 23.6 Å². The summed E-state index contributed by atoms with van der Waals surface area (Å²) < 4.78 is 15.4. The number of para-hydroxylation sites is 2. The molecule has 0 aliphatic carbocycles. The van der Waals surface area contributed by atoms with Crippen molar-refractivity contribution in [2.45, 2.75) is 26.9 Å². The van der Waals surface area contributed by atoms with Gasteiger partial charge in [-0.2, -0.15) is 4.39 Å². The Morgan fingerprint density at radius 2 is 1.32 bits per heavy atom. The van der Waals surface area contributed by atoms with Gasteiger partial charge in [0, 0.05) is 11.4 Å². The average molecular weight is 424 g/mol. The van der Waals surface area contributed by atoms with Gasteiger partial charge in [-0.3, -0.25) is 19.0 Å². The zero-order chi connectivity index (χ0) is 22.5. The van der Waals surface area contributed by atoms with E-state index in [1.807, 2.05) is 6.07 Å². The molecule has 0 saturated heterocycles. The van der Waals surface area contributed by atoms with Crippen LogP contribution in [0.2, 0.25) is 0 Å². The van der Waals surface area contributed by atoms with Crippen LogP contribution in [0.4, 0.5) is 15.8 Å². The van der Waals surface area contributed by atoms with Crippen molar-refractivity contribution in [1.29, 1.82) is 0 Å². The molecule has 2 N–H and O–H groups in total. The quantitative estimate of drug-likeness (QED) is 0.632. The summed E-state index contributed by atoms with van der Waals surface area (Å²) in [5.74, 6) is -2.49. The first-order valence-electron chi connectivity index (χ1n) is 9.47. The van der Waals surface area contributed by atoms with Gasteiger partial charge in [0.25, 0.3) is 5.56 Å². The van der Waals surface area contributed by atoms with Gasteiger partial charge in [-0.15, -0.1) is 0 Å². The second-order valence-corrected chi connectivity index (χ2v) is 7.01. The number of aryl methyl sites for hydroxylation is 2. The molecular formula is C22H21FN4O4. The maximum atomic E-state index is 14.1. The monoisotopic (exact) mass is 424 g/mol. The molecule has 0 bridgehead atoms. The molecular weight excluding hydrogens is 403 g/mol. The normalized spacial score (nSPS) is 10.5. The van der Waals surface area contributed by atoms with E-state index in [0.29, 0.717) is 22.1 Å². The summed E-state index contributed by atoms with van der Waals surface area (Å²) in [6, 6.07) is 14.0. The zero-order valence-electron chi connectivity index (χ0n) is 17.0. The predicted octanol–water partition coefficient (Wildman–Crippen LogP) is 2.04. The minimum Gasteiger partial charge on any atom is -0.324 e. The fraction of sp³-hybridized carbons (Fsp3) is 0.182. The molecule has 1 heterocycles. The maximum absolute atomic E-state index is 14.1. The largest absolute Gasteiger partial charge is 0.332 e. The van der Waals surface area contributed by atoms with Crippen LogP contribution >= 0.6 is 0 Å². The molecule has 0 spiro atoms. The first kappa shape index (κ1) is 21.7. The second-order valence-electron chi connectivity index (χ2n) is 7.01. The molecule has 0 fully saturated rings. The summed E-state index contributed by atoms with van der Waals surface area (Å²) in [7, 11) is 0. The van der Waals surface area contributed by atoms with Crippen molar-refractivity contribution in [3.05, 3.63) is 92.5 Å². The Morgan fingerprint density at radius 3 is 1.84 bits per heavy atom. The van der Waals surface area contributed by atoms with E-state index in [-0.39, 0.29) is 0 Å². The van der Waals surface area contributed by atoms with Gasteiger partial charge >= 0.3 is 5.69 Å². The van der Waals surface area contributed by atoms with Crippen LogP contribution in [-0.2, 0) is 22.7 Å². The third-order valence-electron chi connectivity index (χ3n) is 4.65. The Bertz CT molecular complexity index is 1260. The van der Waals surface area contributed by atoms with Gasteiger partial charge in [0.05, 0.1) is 6.20 Å². The summed E-state index contributed by atoms with van der Waals surface area (Å²) in [6.07, 6.45) is 0.665. The molecule has 0 unspecified atom stereocenters. The van der Waals surface area contributed by atoms with Crippen LogP contribution in [-0.4, -0.2) is 20.9 Å². The van der Waals surface area contributed by atoms with Gasteiger partial charge in [0.15, 0.2) is 0 Å². The van der Waals surface area contributed by atoms with E-state index in [4.69, 9.17) is 0 Å². The minimum absolute atomic E-state index is 0.462.